The first-order valence-electron chi connectivity index (χ1n) is 10.0. The minimum Gasteiger partial charge on any atom is -0.328 e. The summed E-state index contributed by atoms with van der Waals surface area (Å²) in [7, 11) is 0. The van der Waals surface area contributed by atoms with E-state index < -0.39 is 5.54 Å². The van der Waals surface area contributed by atoms with Gasteiger partial charge < -0.3 is 9.80 Å². The van der Waals surface area contributed by atoms with Crippen LogP contribution in [0.2, 0.25) is 0 Å². The summed E-state index contributed by atoms with van der Waals surface area (Å²) < 4.78 is 0. The number of amides is 2. The molecule has 1 atom stereocenters. The SMILES string of the molecule is Cc1ccc(N2CCCC3(CCCN3C(=O)CCc3cnccn3)C2=O)cc1. The summed E-state index contributed by atoms with van der Waals surface area (Å²) in [6.45, 7) is 3.41. The van der Waals surface area contributed by atoms with E-state index in [9.17, 15) is 9.59 Å². The lowest BCUT2D eigenvalue weighted by molar-refractivity contribution is -0.145. The zero-order chi connectivity index (χ0) is 19.6. The van der Waals surface area contributed by atoms with Gasteiger partial charge in [-0.3, -0.25) is 19.6 Å². The maximum absolute atomic E-state index is 13.5. The highest BCUT2D eigenvalue weighted by molar-refractivity contribution is 6.03. The molecule has 2 aliphatic rings. The third-order valence-corrected chi connectivity index (χ3v) is 5.96. The Morgan fingerprint density at radius 2 is 1.86 bits per heavy atom. The monoisotopic (exact) mass is 378 g/mol. The molecule has 2 saturated heterocycles. The van der Waals surface area contributed by atoms with Gasteiger partial charge in [-0.25, -0.2) is 0 Å². The summed E-state index contributed by atoms with van der Waals surface area (Å²) in [6.07, 6.45) is 9.17. The van der Waals surface area contributed by atoms with E-state index in [4.69, 9.17) is 0 Å². The number of aromatic nitrogens is 2. The Hall–Kier alpha value is -2.76. The van der Waals surface area contributed by atoms with Crippen molar-refractivity contribution >= 4 is 17.5 Å². The van der Waals surface area contributed by atoms with Crippen molar-refractivity contribution in [3.8, 4) is 0 Å². The van der Waals surface area contributed by atoms with E-state index in [0.717, 1.165) is 37.1 Å². The molecule has 2 fully saturated rings. The molecule has 1 spiro atoms. The van der Waals surface area contributed by atoms with Crippen LogP contribution in [0.1, 0.15) is 43.4 Å². The molecule has 6 heteroatoms. The van der Waals surface area contributed by atoms with Gasteiger partial charge >= 0.3 is 0 Å². The molecule has 4 rings (SSSR count). The van der Waals surface area contributed by atoms with Crippen LogP contribution in [-0.2, 0) is 16.0 Å². The van der Waals surface area contributed by atoms with Crippen molar-refractivity contribution in [1.82, 2.24) is 14.9 Å². The Labute approximate surface area is 165 Å². The fourth-order valence-corrected chi connectivity index (χ4v) is 4.51. The molecule has 28 heavy (non-hydrogen) atoms. The first-order valence-corrected chi connectivity index (χ1v) is 10.0. The zero-order valence-corrected chi connectivity index (χ0v) is 16.3. The molecular formula is C22H26N4O2. The van der Waals surface area contributed by atoms with E-state index >= 15 is 0 Å². The van der Waals surface area contributed by atoms with Crippen LogP contribution in [0.25, 0.3) is 0 Å². The van der Waals surface area contributed by atoms with Crippen LogP contribution in [0.3, 0.4) is 0 Å². The minimum atomic E-state index is -0.678. The quantitative estimate of drug-likeness (QED) is 0.820. The van der Waals surface area contributed by atoms with Crippen molar-refractivity contribution in [3.63, 3.8) is 0 Å². The predicted molar refractivity (Wildman–Crippen MR) is 107 cm³/mol. The second-order valence-electron chi connectivity index (χ2n) is 7.77. The van der Waals surface area contributed by atoms with Gasteiger partial charge in [-0.1, -0.05) is 17.7 Å². The second kappa shape index (κ2) is 7.70. The third-order valence-electron chi connectivity index (χ3n) is 5.96. The fourth-order valence-electron chi connectivity index (χ4n) is 4.51. The van der Waals surface area contributed by atoms with E-state index in [1.165, 1.54) is 5.56 Å². The average molecular weight is 378 g/mol. The molecule has 0 saturated carbocycles. The highest BCUT2D eigenvalue weighted by atomic mass is 16.2. The topological polar surface area (TPSA) is 66.4 Å². The van der Waals surface area contributed by atoms with Crippen LogP contribution in [0.15, 0.2) is 42.9 Å². The standard InChI is InChI=1S/C22H26N4O2/c1-17-4-7-19(8-5-17)25-14-2-10-22(21(25)28)11-3-15-26(22)20(27)9-6-18-16-23-12-13-24-18/h4-5,7-8,12-13,16H,2-3,6,9-11,14-15H2,1H3. The van der Waals surface area contributed by atoms with Gasteiger partial charge in [-0.05, 0) is 51.2 Å². The van der Waals surface area contributed by atoms with Gasteiger partial charge in [0.1, 0.15) is 5.54 Å². The smallest absolute Gasteiger partial charge is 0.252 e. The summed E-state index contributed by atoms with van der Waals surface area (Å²) in [6, 6.07) is 8.06. The first kappa shape index (κ1) is 18.6. The maximum Gasteiger partial charge on any atom is 0.252 e. The Morgan fingerprint density at radius 1 is 1.11 bits per heavy atom. The summed E-state index contributed by atoms with van der Waals surface area (Å²) >= 11 is 0. The molecule has 2 aromatic rings. The number of carbonyl (C=O) groups is 2. The van der Waals surface area contributed by atoms with E-state index in [-0.39, 0.29) is 11.8 Å². The summed E-state index contributed by atoms with van der Waals surface area (Å²) in [5.41, 5.74) is 2.22. The van der Waals surface area contributed by atoms with Gasteiger partial charge in [0.05, 0.1) is 5.69 Å². The third kappa shape index (κ3) is 3.39. The van der Waals surface area contributed by atoms with Crippen LogP contribution in [0.4, 0.5) is 5.69 Å². The summed E-state index contributed by atoms with van der Waals surface area (Å²) in [5.74, 6) is 0.121. The van der Waals surface area contributed by atoms with Gasteiger partial charge in [0, 0.05) is 43.8 Å². The Kier molecular flexibility index (Phi) is 5.11. The van der Waals surface area contributed by atoms with E-state index in [1.807, 2.05) is 41.0 Å². The van der Waals surface area contributed by atoms with E-state index in [1.54, 1.807) is 18.6 Å². The van der Waals surface area contributed by atoms with Crippen LogP contribution in [0.5, 0.6) is 0 Å². The Bertz CT molecular complexity index is 853. The van der Waals surface area contributed by atoms with Crippen LogP contribution in [0, 0.1) is 6.92 Å². The van der Waals surface area contributed by atoms with Crippen molar-refractivity contribution in [2.75, 3.05) is 18.0 Å². The summed E-state index contributed by atoms with van der Waals surface area (Å²) in [4.78, 5) is 38.6. The van der Waals surface area contributed by atoms with Crippen LogP contribution in [-0.4, -0.2) is 45.3 Å². The van der Waals surface area contributed by atoms with Crippen molar-refractivity contribution in [2.45, 2.75) is 51.0 Å². The van der Waals surface area contributed by atoms with Gasteiger partial charge in [0.15, 0.2) is 0 Å². The Morgan fingerprint density at radius 3 is 2.57 bits per heavy atom. The fraction of sp³-hybridized carbons (Fsp3) is 0.455. The molecule has 6 nitrogen and oxygen atoms in total. The number of hydrogen-bond donors (Lipinski definition) is 0. The van der Waals surface area contributed by atoms with Gasteiger partial charge in [0.25, 0.3) is 5.91 Å². The molecule has 0 radical (unpaired) electrons. The van der Waals surface area contributed by atoms with Gasteiger partial charge in [-0.2, -0.15) is 0 Å². The molecule has 0 bridgehead atoms. The van der Waals surface area contributed by atoms with Gasteiger partial charge in [-0.15, -0.1) is 0 Å². The Balaban J connectivity index is 1.52. The molecule has 0 N–H and O–H groups in total. The maximum atomic E-state index is 13.5. The molecule has 1 aromatic heterocycles. The number of rotatable bonds is 4. The lowest BCUT2D eigenvalue weighted by atomic mass is 9.84. The molecule has 1 unspecified atom stereocenters. The minimum absolute atomic E-state index is 0.0438. The molecule has 1 aromatic carbocycles. The second-order valence-corrected chi connectivity index (χ2v) is 7.77. The van der Waals surface area contributed by atoms with Crippen molar-refractivity contribution in [1.29, 1.82) is 0 Å². The number of carbonyl (C=O) groups excluding carboxylic acids is 2. The van der Waals surface area contributed by atoms with Crippen molar-refractivity contribution < 1.29 is 9.59 Å². The number of nitrogens with zero attached hydrogens (tertiary/aromatic N) is 4. The summed E-state index contributed by atoms with van der Waals surface area (Å²) in [5, 5.41) is 0. The molecule has 2 amide bonds. The molecule has 2 aliphatic heterocycles. The van der Waals surface area contributed by atoms with E-state index in [0.29, 0.717) is 25.9 Å². The number of aryl methyl sites for hydroxylation is 2. The molecule has 0 aliphatic carbocycles. The molecule has 146 valence electrons. The van der Waals surface area contributed by atoms with Crippen molar-refractivity contribution in [3.05, 3.63) is 54.1 Å². The lowest BCUT2D eigenvalue weighted by Crippen LogP contribution is -2.61. The zero-order valence-electron chi connectivity index (χ0n) is 16.3. The number of benzene rings is 1. The lowest BCUT2D eigenvalue weighted by Gasteiger charge is -2.44. The molecule has 3 heterocycles. The first-order chi connectivity index (χ1) is 13.6. The number of piperidine rings is 1. The number of likely N-dealkylation sites (tertiary alicyclic amines) is 1. The number of hydrogen-bond acceptors (Lipinski definition) is 4. The highest BCUT2D eigenvalue weighted by Gasteiger charge is 2.52. The largest absolute Gasteiger partial charge is 0.328 e. The van der Waals surface area contributed by atoms with Crippen LogP contribution >= 0.6 is 0 Å². The molecular weight excluding hydrogens is 352 g/mol. The van der Waals surface area contributed by atoms with E-state index in [2.05, 4.69) is 9.97 Å². The number of anilines is 1. The van der Waals surface area contributed by atoms with Gasteiger partial charge in [0.2, 0.25) is 5.91 Å². The predicted octanol–water partition coefficient (Wildman–Crippen LogP) is 2.91. The van der Waals surface area contributed by atoms with Crippen LogP contribution < -0.4 is 4.90 Å². The average Bonchev–Trinajstić information content (AvgIpc) is 3.14. The van der Waals surface area contributed by atoms with Crippen molar-refractivity contribution in [2.24, 2.45) is 0 Å². The highest BCUT2D eigenvalue weighted by Crippen LogP contribution is 2.40. The normalized spacial score (nSPS) is 22.1.